The number of carbonyl (C=O) groups is 1. The smallest absolute Gasteiger partial charge is 0.244 e. The average Bonchev–Trinajstić information content (AvgIpc) is 2.15. The van der Waals surface area contributed by atoms with E-state index in [1.807, 2.05) is 20.2 Å². The largest absolute Gasteiger partial charge is 0.366 e. The predicted octanol–water partition coefficient (Wildman–Crippen LogP) is -0.421. The minimum absolute atomic E-state index is 0.320. The monoisotopic (exact) mass is 202 g/mol. The Labute approximate surface area is 85.9 Å². The van der Waals surface area contributed by atoms with Gasteiger partial charge in [-0.2, -0.15) is 0 Å². The molecule has 0 saturated heterocycles. The number of nitrogens with zero attached hydrogens (tertiary/aromatic N) is 1. The molecule has 84 valence electrons. The fourth-order valence-electron chi connectivity index (χ4n) is 0.827. The molecule has 0 aromatic carbocycles. The zero-order valence-electron chi connectivity index (χ0n) is 9.29. The van der Waals surface area contributed by atoms with E-state index in [4.69, 9.17) is 5.73 Å². The Balaban J connectivity index is 0. The van der Waals surface area contributed by atoms with Crippen molar-refractivity contribution < 1.29 is 4.79 Å². The Bertz CT molecular complexity index is 178. The maximum absolute atomic E-state index is 10.6. The van der Waals surface area contributed by atoms with Gasteiger partial charge in [0.2, 0.25) is 5.91 Å². The molecule has 6 N–H and O–H groups in total. The van der Waals surface area contributed by atoms with Crippen LogP contribution in [-0.2, 0) is 4.79 Å². The third kappa shape index (κ3) is 11.1. The molecule has 0 spiro atoms. The lowest BCUT2D eigenvalue weighted by molar-refractivity contribution is -0.114. The maximum Gasteiger partial charge on any atom is 0.244 e. The molecule has 0 atom stereocenters. The highest BCUT2D eigenvalue weighted by Crippen LogP contribution is 1.97. The summed E-state index contributed by atoms with van der Waals surface area (Å²) in [6.45, 7) is 2.79. The van der Waals surface area contributed by atoms with Gasteiger partial charge in [0.25, 0.3) is 0 Å². The zero-order chi connectivity index (χ0) is 11.6. The van der Waals surface area contributed by atoms with Gasteiger partial charge in [0, 0.05) is 5.57 Å². The van der Waals surface area contributed by atoms with Crippen LogP contribution in [0.15, 0.2) is 11.6 Å². The van der Waals surface area contributed by atoms with Gasteiger partial charge in [-0.15, -0.1) is 0 Å². The van der Waals surface area contributed by atoms with E-state index in [9.17, 15) is 4.79 Å². The normalized spacial score (nSPS) is 10.9. The van der Waals surface area contributed by atoms with Crippen molar-refractivity contribution in [2.45, 2.75) is 19.8 Å². The first kappa shape index (κ1) is 15.6. The average molecular weight is 202 g/mol. The molecule has 0 radical (unpaired) electrons. The van der Waals surface area contributed by atoms with E-state index in [-0.39, 0.29) is 5.91 Å². The van der Waals surface area contributed by atoms with E-state index in [2.05, 4.69) is 16.6 Å². The summed E-state index contributed by atoms with van der Waals surface area (Å²) < 4.78 is 0. The summed E-state index contributed by atoms with van der Waals surface area (Å²) in [6.07, 6.45) is 3.89. The van der Waals surface area contributed by atoms with Crippen molar-refractivity contribution in [3.63, 3.8) is 0 Å². The summed E-state index contributed by atoms with van der Waals surface area (Å²) in [5, 5.41) is 0. The maximum atomic E-state index is 10.6. The molecule has 0 aromatic rings. The van der Waals surface area contributed by atoms with Gasteiger partial charge in [0.1, 0.15) is 0 Å². The first-order valence-corrected chi connectivity index (χ1v) is 4.48. The third-order valence-electron chi connectivity index (χ3n) is 1.65. The number of nitrogens with two attached hydrogens (primary N) is 3. The molecule has 0 aliphatic rings. The van der Waals surface area contributed by atoms with Crippen molar-refractivity contribution >= 4 is 5.91 Å². The zero-order valence-corrected chi connectivity index (χ0v) is 9.29. The molecular formula is C9H22N4O. The van der Waals surface area contributed by atoms with Crippen molar-refractivity contribution in [1.82, 2.24) is 4.90 Å². The van der Waals surface area contributed by atoms with Gasteiger partial charge >= 0.3 is 0 Å². The van der Waals surface area contributed by atoms with Crippen molar-refractivity contribution in [3.8, 4) is 0 Å². The second-order valence-electron chi connectivity index (χ2n) is 3.20. The molecule has 0 aromatic heterocycles. The summed E-state index contributed by atoms with van der Waals surface area (Å²) in [5.74, 6) is 7.68. The molecule has 1 amide bonds. The van der Waals surface area contributed by atoms with Crippen molar-refractivity contribution in [3.05, 3.63) is 11.6 Å². The molecule has 0 bridgehead atoms. The lowest BCUT2D eigenvalue weighted by Crippen LogP contribution is -2.13. The van der Waals surface area contributed by atoms with Gasteiger partial charge < -0.3 is 10.6 Å². The molecule has 0 saturated carbocycles. The van der Waals surface area contributed by atoms with E-state index in [1.165, 1.54) is 0 Å². The van der Waals surface area contributed by atoms with Crippen LogP contribution >= 0.6 is 0 Å². The van der Waals surface area contributed by atoms with Crippen LogP contribution in [0, 0.1) is 0 Å². The molecule has 0 fully saturated rings. The Morgan fingerprint density at radius 1 is 1.36 bits per heavy atom. The molecule has 14 heavy (non-hydrogen) atoms. The predicted molar refractivity (Wildman–Crippen MR) is 59.1 cm³/mol. The number of hydrazine groups is 1. The van der Waals surface area contributed by atoms with Gasteiger partial charge in [-0.3, -0.25) is 16.5 Å². The number of allylic oxidation sites excluding steroid dienone is 1. The van der Waals surface area contributed by atoms with E-state index in [1.54, 1.807) is 6.92 Å². The first-order valence-electron chi connectivity index (χ1n) is 4.48. The Morgan fingerprint density at radius 2 is 1.86 bits per heavy atom. The van der Waals surface area contributed by atoms with Crippen molar-refractivity contribution in [2.75, 3.05) is 20.6 Å². The Hall–Kier alpha value is -0.910. The van der Waals surface area contributed by atoms with Crippen molar-refractivity contribution in [1.29, 1.82) is 0 Å². The number of hydrogen-bond donors (Lipinski definition) is 3. The number of unbranched alkanes of at least 4 members (excludes halogenated alkanes) is 1. The van der Waals surface area contributed by atoms with E-state index >= 15 is 0 Å². The van der Waals surface area contributed by atoms with Gasteiger partial charge in [0.05, 0.1) is 0 Å². The fraction of sp³-hybridized carbons (Fsp3) is 0.667. The number of carbonyl (C=O) groups excluding carboxylic acids is 1. The van der Waals surface area contributed by atoms with Gasteiger partial charge in [-0.05, 0) is 40.4 Å². The van der Waals surface area contributed by atoms with E-state index in [0.717, 1.165) is 19.4 Å². The van der Waals surface area contributed by atoms with E-state index < -0.39 is 0 Å². The Kier molecular flexibility index (Phi) is 11.3. The number of amides is 1. The van der Waals surface area contributed by atoms with Gasteiger partial charge in [-0.1, -0.05) is 6.08 Å². The van der Waals surface area contributed by atoms with Crippen LogP contribution in [-0.4, -0.2) is 31.4 Å². The summed E-state index contributed by atoms with van der Waals surface area (Å²) in [4.78, 5) is 12.7. The highest BCUT2D eigenvalue weighted by Gasteiger charge is 1.95. The second kappa shape index (κ2) is 10.2. The Morgan fingerprint density at radius 3 is 2.21 bits per heavy atom. The molecule has 5 nitrogen and oxygen atoms in total. The summed E-state index contributed by atoms with van der Waals surface area (Å²) in [7, 11) is 4.06. The lowest BCUT2D eigenvalue weighted by Gasteiger charge is -2.06. The molecule has 0 aliphatic heterocycles. The van der Waals surface area contributed by atoms with E-state index in [0.29, 0.717) is 5.57 Å². The summed E-state index contributed by atoms with van der Waals surface area (Å²) in [5.41, 5.74) is 5.72. The van der Waals surface area contributed by atoms with Gasteiger partial charge in [-0.25, -0.2) is 0 Å². The molecular weight excluding hydrogens is 180 g/mol. The third-order valence-corrected chi connectivity index (χ3v) is 1.65. The van der Waals surface area contributed by atoms with Crippen LogP contribution in [0.4, 0.5) is 0 Å². The molecule has 0 rings (SSSR count). The standard InChI is InChI=1S/C9H18N2O.H4N2/c1-8(9(10)12)6-4-5-7-11(2)3;1-2/h6H,4-5,7H2,1-3H3,(H2,10,12);1-2H2. The number of primary amides is 1. The highest BCUT2D eigenvalue weighted by atomic mass is 16.1. The topological polar surface area (TPSA) is 98.4 Å². The minimum Gasteiger partial charge on any atom is -0.366 e. The number of rotatable bonds is 5. The highest BCUT2D eigenvalue weighted by molar-refractivity contribution is 5.91. The van der Waals surface area contributed by atoms with Crippen LogP contribution in [0.1, 0.15) is 19.8 Å². The first-order chi connectivity index (χ1) is 6.54. The molecule has 0 heterocycles. The van der Waals surface area contributed by atoms with Crippen LogP contribution in [0.5, 0.6) is 0 Å². The summed E-state index contributed by atoms with van der Waals surface area (Å²) in [6, 6.07) is 0. The molecule has 0 aliphatic carbocycles. The molecule has 5 heteroatoms. The van der Waals surface area contributed by atoms with Crippen LogP contribution in [0.2, 0.25) is 0 Å². The quantitative estimate of drug-likeness (QED) is 0.244. The second-order valence-corrected chi connectivity index (χ2v) is 3.20. The van der Waals surface area contributed by atoms with Crippen molar-refractivity contribution in [2.24, 2.45) is 17.4 Å². The minimum atomic E-state index is -0.320. The number of hydrogen-bond acceptors (Lipinski definition) is 4. The lowest BCUT2D eigenvalue weighted by atomic mass is 10.2. The van der Waals surface area contributed by atoms with Crippen LogP contribution < -0.4 is 17.4 Å². The van der Waals surface area contributed by atoms with Crippen LogP contribution in [0.3, 0.4) is 0 Å². The SMILES string of the molecule is CC(=CCCCN(C)C)C(N)=O.NN. The van der Waals surface area contributed by atoms with Gasteiger partial charge in [0.15, 0.2) is 0 Å². The molecule has 0 unspecified atom stereocenters. The van der Waals surface area contributed by atoms with Crippen LogP contribution in [0.25, 0.3) is 0 Å². The summed E-state index contributed by atoms with van der Waals surface area (Å²) >= 11 is 0. The fourth-order valence-corrected chi connectivity index (χ4v) is 0.827.